The van der Waals surface area contributed by atoms with Gasteiger partial charge in [-0.15, -0.1) is 0 Å². The monoisotopic (exact) mass is 242 g/mol. The molecule has 17 heavy (non-hydrogen) atoms. The molecule has 1 aromatic carbocycles. The van der Waals surface area contributed by atoms with Crippen molar-refractivity contribution in [2.24, 2.45) is 5.73 Å². The Morgan fingerprint density at radius 3 is 2.18 bits per heavy atom. The molecule has 0 aliphatic rings. The van der Waals surface area contributed by atoms with E-state index in [9.17, 15) is 8.78 Å². The van der Waals surface area contributed by atoms with E-state index in [-0.39, 0.29) is 5.56 Å². The van der Waals surface area contributed by atoms with Crippen LogP contribution in [0.25, 0.3) is 0 Å². The minimum absolute atomic E-state index is 0.000318. The molecule has 2 nitrogen and oxygen atoms in total. The average Bonchev–Trinajstić information content (AvgIpc) is 2.30. The second-order valence-electron chi connectivity index (χ2n) is 4.06. The Morgan fingerprint density at radius 1 is 1.18 bits per heavy atom. The summed E-state index contributed by atoms with van der Waals surface area (Å²) in [6.45, 7) is 6.70. The van der Waals surface area contributed by atoms with Gasteiger partial charge in [0, 0.05) is 11.6 Å². The van der Waals surface area contributed by atoms with Crippen molar-refractivity contribution in [3.05, 3.63) is 35.4 Å². The Bertz CT molecular complexity index is 331. The number of nitrogens with two attached hydrogens (primary N) is 1. The van der Waals surface area contributed by atoms with Gasteiger partial charge in [-0.25, -0.2) is 8.78 Å². The van der Waals surface area contributed by atoms with E-state index in [2.05, 4.69) is 18.7 Å². The Morgan fingerprint density at radius 2 is 1.71 bits per heavy atom. The summed E-state index contributed by atoms with van der Waals surface area (Å²) in [7, 11) is 0. The topological polar surface area (TPSA) is 29.3 Å². The molecule has 0 heterocycles. The second kappa shape index (κ2) is 6.67. The highest BCUT2D eigenvalue weighted by molar-refractivity contribution is 5.22. The molecule has 0 radical (unpaired) electrons. The molecule has 0 aliphatic heterocycles. The summed E-state index contributed by atoms with van der Waals surface area (Å²) in [6.07, 6.45) is 0.555. The molecule has 0 bridgehead atoms. The van der Waals surface area contributed by atoms with Crippen LogP contribution in [0.15, 0.2) is 18.2 Å². The SMILES string of the molecule is CCN(CC)CCC(N)c1c(F)cccc1F. The predicted octanol–water partition coefficient (Wildman–Crippen LogP) is 2.70. The van der Waals surface area contributed by atoms with Crippen LogP contribution in [0.1, 0.15) is 31.9 Å². The van der Waals surface area contributed by atoms with Gasteiger partial charge in [0.1, 0.15) is 11.6 Å². The quantitative estimate of drug-likeness (QED) is 0.831. The number of hydrogen-bond acceptors (Lipinski definition) is 2. The predicted molar refractivity (Wildman–Crippen MR) is 65.7 cm³/mol. The van der Waals surface area contributed by atoms with Gasteiger partial charge in [0.25, 0.3) is 0 Å². The van der Waals surface area contributed by atoms with E-state index in [1.165, 1.54) is 18.2 Å². The maximum Gasteiger partial charge on any atom is 0.130 e. The molecule has 0 saturated heterocycles. The van der Waals surface area contributed by atoms with E-state index in [1.807, 2.05) is 0 Å². The molecular formula is C13H20F2N2. The number of rotatable bonds is 6. The number of benzene rings is 1. The van der Waals surface area contributed by atoms with Crippen molar-refractivity contribution in [2.75, 3.05) is 19.6 Å². The Hall–Kier alpha value is -1.00. The Balaban J connectivity index is 2.66. The van der Waals surface area contributed by atoms with E-state index in [0.717, 1.165) is 19.6 Å². The maximum atomic E-state index is 13.5. The summed E-state index contributed by atoms with van der Waals surface area (Å²) in [5.74, 6) is -1.12. The van der Waals surface area contributed by atoms with Gasteiger partial charge in [-0.2, -0.15) is 0 Å². The minimum Gasteiger partial charge on any atom is -0.324 e. The molecule has 1 rings (SSSR count). The number of hydrogen-bond donors (Lipinski definition) is 1. The summed E-state index contributed by atoms with van der Waals surface area (Å²) in [5, 5.41) is 0. The van der Waals surface area contributed by atoms with Crippen molar-refractivity contribution in [3.63, 3.8) is 0 Å². The summed E-state index contributed by atoms with van der Waals surface area (Å²) < 4.78 is 26.9. The molecule has 0 fully saturated rings. The molecule has 0 aromatic heterocycles. The Kier molecular flexibility index (Phi) is 5.51. The fraction of sp³-hybridized carbons (Fsp3) is 0.538. The Labute approximate surface area is 101 Å². The molecule has 96 valence electrons. The second-order valence-corrected chi connectivity index (χ2v) is 4.06. The van der Waals surface area contributed by atoms with Gasteiger partial charge in [0.2, 0.25) is 0 Å². The average molecular weight is 242 g/mol. The normalized spacial score (nSPS) is 13.1. The lowest BCUT2D eigenvalue weighted by Gasteiger charge is -2.21. The van der Waals surface area contributed by atoms with Crippen molar-refractivity contribution in [1.29, 1.82) is 0 Å². The smallest absolute Gasteiger partial charge is 0.130 e. The van der Waals surface area contributed by atoms with Crippen molar-refractivity contribution in [2.45, 2.75) is 26.3 Å². The van der Waals surface area contributed by atoms with Crippen LogP contribution in [0.2, 0.25) is 0 Å². The zero-order chi connectivity index (χ0) is 12.8. The van der Waals surface area contributed by atoms with Crippen molar-refractivity contribution in [1.82, 2.24) is 4.90 Å². The maximum absolute atomic E-state index is 13.5. The first kappa shape index (κ1) is 14.1. The van der Waals surface area contributed by atoms with Crippen LogP contribution in [-0.4, -0.2) is 24.5 Å². The van der Waals surface area contributed by atoms with Crippen molar-refractivity contribution in [3.8, 4) is 0 Å². The molecule has 2 N–H and O–H groups in total. The zero-order valence-corrected chi connectivity index (χ0v) is 10.4. The van der Waals surface area contributed by atoms with Gasteiger partial charge in [-0.3, -0.25) is 0 Å². The van der Waals surface area contributed by atoms with Gasteiger partial charge in [-0.05, 0) is 38.2 Å². The molecule has 0 saturated carbocycles. The van der Waals surface area contributed by atoms with Crippen LogP contribution in [0.3, 0.4) is 0 Å². The molecular weight excluding hydrogens is 222 g/mol. The van der Waals surface area contributed by atoms with Gasteiger partial charge >= 0.3 is 0 Å². The lowest BCUT2D eigenvalue weighted by molar-refractivity contribution is 0.288. The summed E-state index contributed by atoms with van der Waals surface area (Å²) in [5.41, 5.74) is 5.85. The van der Waals surface area contributed by atoms with Crippen LogP contribution in [-0.2, 0) is 0 Å². The lowest BCUT2D eigenvalue weighted by atomic mass is 10.0. The third-order valence-corrected chi connectivity index (χ3v) is 3.02. The van der Waals surface area contributed by atoms with Gasteiger partial charge < -0.3 is 10.6 Å². The number of nitrogens with zero attached hydrogens (tertiary/aromatic N) is 1. The molecule has 1 unspecified atom stereocenters. The lowest BCUT2D eigenvalue weighted by Crippen LogP contribution is -2.27. The van der Waals surface area contributed by atoms with Crippen LogP contribution >= 0.6 is 0 Å². The molecule has 4 heteroatoms. The van der Waals surface area contributed by atoms with Gasteiger partial charge in [0.15, 0.2) is 0 Å². The van der Waals surface area contributed by atoms with Gasteiger partial charge in [-0.1, -0.05) is 19.9 Å². The third-order valence-electron chi connectivity index (χ3n) is 3.02. The minimum atomic E-state index is -0.586. The first-order chi connectivity index (χ1) is 8.10. The highest BCUT2D eigenvalue weighted by Crippen LogP contribution is 2.21. The standard InChI is InChI=1S/C13H20F2N2/c1-3-17(4-2)9-8-12(16)13-10(14)6-5-7-11(13)15/h5-7,12H,3-4,8-9,16H2,1-2H3. The van der Waals surface area contributed by atoms with E-state index in [1.54, 1.807) is 0 Å². The first-order valence-corrected chi connectivity index (χ1v) is 6.02. The fourth-order valence-electron chi connectivity index (χ4n) is 1.87. The van der Waals surface area contributed by atoms with Crippen LogP contribution < -0.4 is 5.73 Å². The van der Waals surface area contributed by atoms with E-state index < -0.39 is 17.7 Å². The first-order valence-electron chi connectivity index (χ1n) is 6.02. The summed E-state index contributed by atoms with van der Waals surface area (Å²) >= 11 is 0. The molecule has 1 atom stereocenters. The summed E-state index contributed by atoms with van der Waals surface area (Å²) in [4.78, 5) is 2.18. The van der Waals surface area contributed by atoms with E-state index in [4.69, 9.17) is 5.73 Å². The van der Waals surface area contributed by atoms with Crippen LogP contribution in [0, 0.1) is 11.6 Å². The largest absolute Gasteiger partial charge is 0.324 e. The van der Waals surface area contributed by atoms with Crippen molar-refractivity contribution >= 4 is 0 Å². The van der Waals surface area contributed by atoms with Crippen LogP contribution in [0.4, 0.5) is 8.78 Å². The van der Waals surface area contributed by atoms with Gasteiger partial charge in [0.05, 0.1) is 0 Å². The molecule has 0 amide bonds. The highest BCUT2D eigenvalue weighted by Gasteiger charge is 2.16. The molecule has 1 aromatic rings. The van der Waals surface area contributed by atoms with Crippen LogP contribution in [0.5, 0.6) is 0 Å². The summed E-state index contributed by atoms with van der Waals surface area (Å²) in [6, 6.07) is 3.26. The highest BCUT2D eigenvalue weighted by atomic mass is 19.1. The molecule has 0 aliphatic carbocycles. The molecule has 0 spiro atoms. The van der Waals surface area contributed by atoms with Crippen molar-refractivity contribution < 1.29 is 8.78 Å². The third kappa shape index (κ3) is 3.75. The number of halogens is 2. The van der Waals surface area contributed by atoms with E-state index >= 15 is 0 Å². The van der Waals surface area contributed by atoms with E-state index in [0.29, 0.717) is 6.42 Å². The fourth-order valence-corrected chi connectivity index (χ4v) is 1.87. The zero-order valence-electron chi connectivity index (χ0n) is 10.4.